The lowest BCUT2D eigenvalue weighted by Crippen LogP contribution is -2.30. The number of hydrogen-bond donors (Lipinski definition) is 2. The van der Waals surface area contributed by atoms with E-state index in [1.165, 1.54) is 12.8 Å². The van der Waals surface area contributed by atoms with Crippen LogP contribution in [0.1, 0.15) is 46.0 Å². The molecule has 0 aromatic carbocycles. The van der Waals surface area contributed by atoms with Gasteiger partial charge in [-0.2, -0.15) is 0 Å². The second-order valence-corrected chi connectivity index (χ2v) is 5.05. The molecule has 3 nitrogen and oxygen atoms in total. The molecule has 0 saturated carbocycles. The van der Waals surface area contributed by atoms with E-state index in [4.69, 9.17) is 0 Å². The molecular weight excluding hydrogens is 200 g/mol. The van der Waals surface area contributed by atoms with Crippen molar-refractivity contribution in [1.29, 1.82) is 0 Å². The maximum atomic E-state index is 11.6. The molecule has 1 atom stereocenters. The van der Waals surface area contributed by atoms with Gasteiger partial charge < -0.3 is 10.6 Å². The second-order valence-electron chi connectivity index (χ2n) is 5.05. The van der Waals surface area contributed by atoms with Gasteiger partial charge in [-0.05, 0) is 44.2 Å². The first-order chi connectivity index (χ1) is 7.72. The summed E-state index contributed by atoms with van der Waals surface area (Å²) in [6.07, 6.45) is 5.38. The minimum absolute atomic E-state index is 0.235. The van der Waals surface area contributed by atoms with Crippen LogP contribution < -0.4 is 10.6 Å². The summed E-state index contributed by atoms with van der Waals surface area (Å²) in [7, 11) is 0. The van der Waals surface area contributed by atoms with Crippen molar-refractivity contribution >= 4 is 5.91 Å². The SMILES string of the molecule is CCC(C)CNC(=O)CCC1CCNCC1. The van der Waals surface area contributed by atoms with Crippen LogP contribution in [-0.4, -0.2) is 25.5 Å². The highest BCUT2D eigenvalue weighted by molar-refractivity contribution is 5.75. The first-order valence-corrected chi connectivity index (χ1v) is 6.69. The highest BCUT2D eigenvalue weighted by Gasteiger charge is 2.14. The summed E-state index contributed by atoms with van der Waals surface area (Å²) >= 11 is 0. The Morgan fingerprint density at radius 2 is 2.12 bits per heavy atom. The quantitative estimate of drug-likeness (QED) is 0.726. The Balaban J connectivity index is 2.05. The number of hydrogen-bond acceptors (Lipinski definition) is 2. The molecule has 1 heterocycles. The summed E-state index contributed by atoms with van der Waals surface area (Å²) in [5.41, 5.74) is 0. The van der Waals surface area contributed by atoms with E-state index in [0.29, 0.717) is 12.3 Å². The van der Waals surface area contributed by atoms with Gasteiger partial charge in [0.1, 0.15) is 0 Å². The largest absolute Gasteiger partial charge is 0.356 e. The lowest BCUT2D eigenvalue weighted by atomic mass is 9.93. The van der Waals surface area contributed by atoms with Gasteiger partial charge in [-0.1, -0.05) is 20.3 Å². The number of rotatable bonds is 6. The zero-order valence-corrected chi connectivity index (χ0v) is 10.7. The Hall–Kier alpha value is -0.570. The molecule has 0 radical (unpaired) electrons. The van der Waals surface area contributed by atoms with Crippen molar-refractivity contribution in [3.63, 3.8) is 0 Å². The maximum Gasteiger partial charge on any atom is 0.220 e. The third-order valence-electron chi connectivity index (χ3n) is 3.58. The number of nitrogens with one attached hydrogen (secondary N) is 2. The molecular formula is C13H26N2O. The van der Waals surface area contributed by atoms with Gasteiger partial charge in [0, 0.05) is 13.0 Å². The fourth-order valence-corrected chi connectivity index (χ4v) is 2.03. The molecule has 1 fully saturated rings. The predicted octanol–water partition coefficient (Wildman–Crippen LogP) is 1.93. The van der Waals surface area contributed by atoms with Crippen LogP contribution in [0.5, 0.6) is 0 Å². The Morgan fingerprint density at radius 3 is 2.75 bits per heavy atom. The van der Waals surface area contributed by atoms with E-state index in [1.807, 2.05) is 0 Å². The van der Waals surface area contributed by atoms with Crippen molar-refractivity contribution in [2.75, 3.05) is 19.6 Å². The van der Waals surface area contributed by atoms with Crippen LogP contribution in [0.4, 0.5) is 0 Å². The predicted molar refractivity (Wildman–Crippen MR) is 67.3 cm³/mol. The number of amides is 1. The van der Waals surface area contributed by atoms with Crippen LogP contribution >= 0.6 is 0 Å². The fraction of sp³-hybridized carbons (Fsp3) is 0.923. The van der Waals surface area contributed by atoms with Crippen molar-refractivity contribution in [2.45, 2.75) is 46.0 Å². The van der Waals surface area contributed by atoms with Crippen LogP contribution in [0.25, 0.3) is 0 Å². The third kappa shape index (κ3) is 5.50. The normalized spacial score (nSPS) is 19.4. The molecule has 1 saturated heterocycles. The average molecular weight is 226 g/mol. The van der Waals surface area contributed by atoms with Gasteiger partial charge in [0.25, 0.3) is 0 Å². The van der Waals surface area contributed by atoms with Gasteiger partial charge in [0.15, 0.2) is 0 Å². The summed E-state index contributed by atoms with van der Waals surface area (Å²) in [4.78, 5) is 11.6. The molecule has 0 aromatic heterocycles. The Labute approximate surface area is 99.4 Å². The van der Waals surface area contributed by atoms with Crippen molar-refractivity contribution < 1.29 is 4.79 Å². The van der Waals surface area contributed by atoms with Crippen molar-refractivity contribution in [3.05, 3.63) is 0 Å². The Morgan fingerprint density at radius 1 is 1.44 bits per heavy atom. The van der Waals surface area contributed by atoms with E-state index in [2.05, 4.69) is 24.5 Å². The number of piperidine rings is 1. The van der Waals surface area contributed by atoms with Crippen molar-refractivity contribution in [3.8, 4) is 0 Å². The van der Waals surface area contributed by atoms with E-state index in [0.717, 1.165) is 38.4 Å². The Kier molecular flexibility index (Phi) is 6.46. The first kappa shape index (κ1) is 13.5. The van der Waals surface area contributed by atoms with Crippen LogP contribution in [0.15, 0.2) is 0 Å². The molecule has 2 N–H and O–H groups in total. The van der Waals surface area contributed by atoms with E-state index < -0.39 is 0 Å². The molecule has 0 spiro atoms. The van der Waals surface area contributed by atoms with Gasteiger partial charge in [-0.3, -0.25) is 4.79 Å². The second kappa shape index (κ2) is 7.66. The van der Waals surface area contributed by atoms with Gasteiger partial charge in [-0.15, -0.1) is 0 Å². The molecule has 3 heteroatoms. The highest BCUT2D eigenvalue weighted by Crippen LogP contribution is 2.17. The molecule has 1 aliphatic rings. The molecule has 1 unspecified atom stereocenters. The minimum atomic E-state index is 0.235. The van der Waals surface area contributed by atoms with Gasteiger partial charge in [0.05, 0.1) is 0 Å². The van der Waals surface area contributed by atoms with Crippen LogP contribution in [0.2, 0.25) is 0 Å². The lowest BCUT2D eigenvalue weighted by molar-refractivity contribution is -0.121. The van der Waals surface area contributed by atoms with E-state index in [-0.39, 0.29) is 5.91 Å². The van der Waals surface area contributed by atoms with E-state index in [1.54, 1.807) is 0 Å². The summed E-state index contributed by atoms with van der Waals surface area (Å²) < 4.78 is 0. The molecule has 0 bridgehead atoms. The first-order valence-electron chi connectivity index (χ1n) is 6.69. The molecule has 1 rings (SSSR count). The zero-order valence-electron chi connectivity index (χ0n) is 10.7. The third-order valence-corrected chi connectivity index (χ3v) is 3.58. The number of carbonyl (C=O) groups is 1. The summed E-state index contributed by atoms with van der Waals surface area (Å²) in [6.45, 7) is 7.42. The van der Waals surface area contributed by atoms with Crippen molar-refractivity contribution in [2.24, 2.45) is 11.8 Å². The van der Waals surface area contributed by atoms with Crippen LogP contribution in [0, 0.1) is 11.8 Å². The van der Waals surface area contributed by atoms with Crippen LogP contribution in [-0.2, 0) is 4.79 Å². The van der Waals surface area contributed by atoms with Crippen molar-refractivity contribution in [1.82, 2.24) is 10.6 Å². The summed E-state index contributed by atoms with van der Waals surface area (Å²) in [5, 5.41) is 6.37. The smallest absolute Gasteiger partial charge is 0.220 e. The molecule has 94 valence electrons. The fourth-order valence-electron chi connectivity index (χ4n) is 2.03. The molecule has 0 aliphatic carbocycles. The van der Waals surface area contributed by atoms with Crippen LogP contribution in [0.3, 0.4) is 0 Å². The summed E-state index contributed by atoms with van der Waals surface area (Å²) in [6, 6.07) is 0. The van der Waals surface area contributed by atoms with Gasteiger partial charge in [-0.25, -0.2) is 0 Å². The molecule has 1 aliphatic heterocycles. The molecule has 1 amide bonds. The molecule has 0 aromatic rings. The van der Waals surface area contributed by atoms with E-state index >= 15 is 0 Å². The van der Waals surface area contributed by atoms with Gasteiger partial charge >= 0.3 is 0 Å². The van der Waals surface area contributed by atoms with E-state index in [9.17, 15) is 4.79 Å². The zero-order chi connectivity index (χ0) is 11.8. The maximum absolute atomic E-state index is 11.6. The standard InChI is InChI=1S/C13H26N2O/c1-3-11(2)10-15-13(16)5-4-12-6-8-14-9-7-12/h11-12,14H,3-10H2,1-2H3,(H,15,16). The molecule has 16 heavy (non-hydrogen) atoms. The highest BCUT2D eigenvalue weighted by atomic mass is 16.1. The van der Waals surface area contributed by atoms with Gasteiger partial charge in [0.2, 0.25) is 5.91 Å². The number of carbonyl (C=O) groups excluding carboxylic acids is 1. The average Bonchev–Trinajstić information content (AvgIpc) is 2.34. The topological polar surface area (TPSA) is 41.1 Å². The summed E-state index contributed by atoms with van der Waals surface area (Å²) in [5.74, 6) is 1.59. The minimum Gasteiger partial charge on any atom is -0.356 e. The monoisotopic (exact) mass is 226 g/mol. The lowest BCUT2D eigenvalue weighted by Gasteiger charge is -2.22. The Bertz CT molecular complexity index is 200.